The highest BCUT2D eigenvalue weighted by Gasteiger charge is 2.27. The van der Waals surface area contributed by atoms with Crippen molar-refractivity contribution in [3.8, 4) is 0 Å². The second-order valence-corrected chi connectivity index (χ2v) is 6.94. The summed E-state index contributed by atoms with van der Waals surface area (Å²) in [6, 6.07) is 10.2. The molecule has 0 aliphatic heterocycles. The Hall–Kier alpha value is -1.35. The molecule has 1 atom stereocenters. The van der Waals surface area contributed by atoms with Crippen molar-refractivity contribution in [3.05, 3.63) is 35.9 Å². The maximum atomic E-state index is 12.8. The van der Waals surface area contributed by atoms with E-state index < -0.39 is 0 Å². The molecule has 21 heavy (non-hydrogen) atoms. The standard InChI is InChI=1S/C18H30N2O/c1-5-11-20(14-15-9-7-6-8-10-15)17(21)16(13-19)12-18(2,3)4/h6-10,16H,5,11-14,19H2,1-4H3. The number of benzene rings is 1. The summed E-state index contributed by atoms with van der Waals surface area (Å²) < 4.78 is 0. The molecule has 0 spiro atoms. The van der Waals surface area contributed by atoms with Gasteiger partial charge in [-0.15, -0.1) is 0 Å². The summed E-state index contributed by atoms with van der Waals surface area (Å²) >= 11 is 0. The number of amides is 1. The van der Waals surface area contributed by atoms with Crippen LogP contribution in [0.4, 0.5) is 0 Å². The molecule has 0 saturated heterocycles. The molecule has 0 heterocycles. The van der Waals surface area contributed by atoms with Crippen molar-refractivity contribution in [1.82, 2.24) is 4.90 Å². The van der Waals surface area contributed by atoms with Crippen molar-refractivity contribution in [1.29, 1.82) is 0 Å². The Morgan fingerprint density at radius 3 is 2.33 bits per heavy atom. The fourth-order valence-corrected chi connectivity index (χ4v) is 2.61. The van der Waals surface area contributed by atoms with E-state index in [1.165, 1.54) is 5.56 Å². The Kier molecular flexibility index (Phi) is 6.90. The Bertz CT molecular complexity index is 423. The molecule has 1 unspecified atom stereocenters. The zero-order valence-electron chi connectivity index (χ0n) is 13.9. The van der Waals surface area contributed by atoms with Crippen LogP contribution in [0.25, 0.3) is 0 Å². The van der Waals surface area contributed by atoms with Gasteiger partial charge in [0.05, 0.1) is 5.92 Å². The lowest BCUT2D eigenvalue weighted by Crippen LogP contribution is -2.40. The lowest BCUT2D eigenvalue weighted by molar-refractivity contribution is -0.136. The molecule has 1 rings (SSSR count). The molecular formula is C18H30N2O. The largest absolute Gasteiger partial charge is 0.338 e. The minimum Gasteiger partial charge on any atom is -0.338 e. The van der Waals surface area contributed by atoms with Crippen LogP contribution in [0.1, 0.15) is 46.1 Å². The lowest BCUT2D eigenvalue weighted by atomic mass is 9.84. The van der Waals surface area contributed by atoms with Gasteiger partial charge in [0, 0.05) is 19.6 Å². The molecule has 1 aromatic carbocycles. The topological polar surface area (TPSA) is 46.3 Å². The van der Waals surface area contributed by atoms with Gasteiger partial charge in [0.15, 0.2) is 0 Å². The Morgan fingerprint density at radius 2 is 1.86 bits per heavy atom. The van der Waals surface area contributed by atoms with E-state index >= 15 is 0 Å². The molecule has 0 saturated carbocycles. The van der Waals surface area contributed by atoms with Gasteiger partial charge in [-0.2, -0.15) is 0 Å². The minimum absolute atomic E-state index is 0.0831. The number of nitrogens with zero attached hydrogens (tertiary/aromatic N) is 1. The molecule has 0 aliphatic carbocycles. The van der Waals surface area contributed by atoms with Gasteiger partial charge < -0.3 is 10.6 Å². The van der Waals surface area contributed by atoms with E-state index in [-0.39, 0.29) is 17.2 Å². The molecule has 1 amide bonds. The molecule has 0 bridgehead atoms. The van der Waals surface area contributed by atoms with Gasteiger partial charge >= 0.3 is 0 Å². The molecule has 118 valence electrons. The van der Waals surface area contributed by atoms with Crippen LogP contribution < -0.4 is 5.73 Å². The van der Waals surface area contributed by atoms with Gasteiger partial charge in [-0.25, -0.2) is 0 Å². The van der Waals surface area contributed by atoms with E-state index in [2.05, 4.69) is 39.8 Å². The molecule has 3 heteroatoms. The third-order valence-corrected chi connectivity index (χ3v) is 3.51. The predicted octanol–water partition coefficient (Wildman–Crippen LogP) is 3.44. The third kappa shape index (κ3) is 6.30. The number of carbonyl (C=O) groups is 1. The first-order valence-corrected chi connectivity index (χ1v) is 7.90. The van der Waals surface area contributed by atoms with Gasteiger partial charge in [0.25, 0.3) is 0 Å². The van der Waals surface area contributed by atoms with Crippen LogP contribution in [-0.4, -0.2) is 23.9 Å². The van der Waals surface area contributed by atoms with Gasteiger partial charge in [0.1, 0.15) is 0 Å². The van der Waals surface area contributed by atoms with Crippen LogP contribution >= 0.6 is 0 Å². The van der Waals surface area contributed by atoms with Crippen LogP contribution in [-0.2, 0) is 11.3 Å². The quantitative estimate of drug-likeness (QED) is 0.836. The third-order valence-electron chi connectivity index (χ3n) is 3.51. The average Bonchev–Trinajstić information content (AvgIpc) is 2.44. The zero-order chi connectivity index (χ0) is 15.9. The average molecular weight is 290 g/mol. The normalized spacial score (nSPS) is 13.0. The summed E-state index contributed by atoms with van der Waals surface area (Å²) in [7, 11) is 0. The van der Waals surface area contributed by atoms with E-state index in [0.717, 1.165) is 19.4 Å². The van der Waals surface area contributed by atoms with Crippen LogP contribution in [0.5, 0.6) is 0 Å². The summed E-state index contributed by atoms with van der Waals surface area (Å²) in [5.74, 6) is 0.110. The molecule has 0 fully saturated rings. The van der Waals surface area contributed by atoms with E-state index in [0.29, 0.717) is 13.1 Å². The van der Waals surface area contributed by atoms with Crippen molar-refractivity contribution < 1.29 is 4.79 Å². The second kappa shape index (κ2) is 8.18. The van der Waals surface area contributed by atoms with Crippen molar-refractivity contribution in [2.45, 2.75) is 47.1 Å². The smallest absolute Gasteiger partial charge is 0.227 e. The highest BCUT2D eigenvalue weighted by molar-refractivity contribution is 5.79. The van der Waals surface area contributed by atoms with Crippen molar-refractivity contribution >= 4 is 5.91 Å². The van der Waals surface area contributed by atoms with Crippen molar-refractivity contribution in [2.24, 2.45) is 17.1 Å². The number of rotatable bonds is 7. The summed E-state index contributed by atoms with van der Waals surface area (Å²) in [4.78, 5) is 14.7. The number of carbonyl (C=O) groups excluding carboxylic acids is 1. The zero-order valence-corrected chi connectivity index (χ0v) is 13.9. The van der Waals surface area contributed by atoms with E-state index in [1.807, 2.05) is 23.1 Å². The Balaban J connectivity index is 2.80. The lowest BCUT2D eigenvalue weighted by Gasteiger charge is -2.30. The first-order chi connectivity index (χ1) is 9.87. The summed E-state index contributed by atoms with van der Waals surface area (Å²) in [6.45, 7) is 10.5. The number of hydrogen-bond donors (Lipinski definition) is 1. The molecular weight excluding hydrogens is 260 g/mol. The highest BCUT2D eigenvalue weighted by Crippen LogP contribution is 2.25. The SMILES string of the molecule is CCCN(Cc1ccccc1)C(=O)C(CN)CC(C)(C)C. The molecule has 2 N–H and O–H groups in total. The maximum Gasteiger partial charge on any atom is 0.227 e. The van der Waals surface area contributed by atoms with Crippen LogP contribution in [0, 0.1) is 11.3 Å². The van der Waals surface area contributed by atoms with Crippen molar-refractivity contribution in [2.75, 3.05) is 13.1 Å². The molecule has 0 aromatic heterocycles. The van der Waals surface area contributed by atoms with Gasteiger partial charge in [-0.05, 0) is 23.8 Å². The first-order valence-electron chi connectivity index (χ1n) is 7.90. The first kappa shape index (κ1) is 17.7. The van der Waals surface area contributed by atoms with Gasteiger partial charge in [-0.3, -0.25) is 4.79 Å². The number of nitrogens with two attached hydrogens (primary N) is 1. The minimum atomic E-state index is -0.0831. The van der Waals surface area contributed by atoms with Crippen LogP contribution in [0.2, 0.25) is 0 Å². The van der Waals surface area contributed by atoms with E-state index in [1.54, 1.807) is 0 Å². The molecule has 3 nitrogen and oxygen atoms in total. The summed E-state index contributed by atoms with van der Waals surface area (Å²) in [6.07, 6.45) is 1.79. The fraction of sp³-hybridized carbons (Fsp3) is 0.611. The maximum absolute atomic E-state index is 12.8. The summed E-state index contributed by atoms with van der Waals surface area (Å²) in [5, 5.41) is 0. The Labute approximate surface area is 129 Å². The summed E-state index contributed by atoms with van der Waals surface area (Å²) in [5.41, 5.74) is 7.15. The monoisotopic (exact) mass is 290 g/mol. The van der Waals surface area contributed by atoms with E-state index in [4.69, 9.17) is 5.73 Å². The van der Waals surface area contributed by atoms with Crippen molar-refractivity contribution in [3.63, 3.8) is 0 Å². The van der Waals surface area contributed by atoms with Crippen LogP contribution in [0.3, 0.4) is 0 Å². The molecule has 0 radical (unpaired) electrons. The van der Waals surface area contributed by atoms with Crippen LogP contribution in [0.15, 0.2) is 30.3 Å². The molecule has 1 aromatic rings. The van der Waals surface area contributed by atoms with Gasteiger partial charge in [-0.1, -0.05) is 58.0 Å². The fourth-order valence-electron chi connectivity index (χ4n) is 2.61. The number of hydrogen-bond acceptors (Lipinski definition) is 2. The second-order valence-electron chi connectivity index (χ2n) is 6.94. The van der Waals surface area contributed by atoms with Gasteiger partial charge in [0.2, 0.25) is 5.91 Å². The highest BCUT2D eigenvalue weighted by atomic mass is 16.2. The molecule has 0 aliphatic rings. The Morgan fingerprint density at radius 1 is 1.24 bits per heavy atom. The van der Waals surface area contributed by atoms with E-state index in [9.17, 15) is 4.79 Å². The predicted molar refractivity (Wildman–Crippen MR) is 88.8 cm³/mol.